The summed E-state index contributed by atoms with van der Waals surface area (Å²) in [4.78, 5) is 1.56. The van der Waals surface area contributed by atoms with E-state index in [2.05, 4.69) is 50.0 Å². The molecule has 7 heteroatoms. The number of tetrazole rings is 1. The first kappa shape index (κ1) is 10.5. The number of halogens is 1. The molecule has 0 atom stereocenters. The minimum Gasteiger partial charge on any atom is -0.259 e. The predicted molar refractivity (Wildman–Crippen MR) is 63.1 cm³/mol. The summed E-state index contributed by atoms with van der Waals surface area (Å²) in [6.45, 7) is 5.60. The van der Waals surface area contributed by atoms with E-state index in [0.717, 1.165) is 22.4 Å². The molecule has 0 saturated carbocycles. The van der Waals surface area contributed by atoms with Crippen LogP contribution < -0.4 is 0 Å². The van der Waals surface area contributed by atoms with Gasteiger partial charge in [0.1, 0.15) is 3.70 Å². The topological polar surface area (TPSA) is 61.4 Å². The van der Waals surface area contributed by atoms with Crippen LogP contribution in [0.1, 0.15) is 13.8 Å². The Balaban J connectivity index is 2.40. The third-order valence-corrected chi connectivity index (χ3v) is 3.19. The van der Waals surface area contributed by atoms with Crippen molar-refractivity contribution < 1.29 is 0 Å². The fourth-order valence-corrected chi connectivity index (χ4v) is 2.07. The second-order valence-electron chi connectivity index (χ2n) is 2.97. The monoisotopic (exact) mass is 318 g/mol. The Morgan fingerprint density at radius 1 is 1.33 bits per heavy atom. The molecule has 2 aromatic rings. The van der Waals surface area contributed by atoms with Crippen LogP contribution in [-0.2, 0) is 13.1 Å². The van der Waals surface area contributed by atoms with Crippen LogP contribution in [0.5, 0.6) is 0 Å². The van der Waals surface area contributed by atoms with Crippen molar-refractivity contribution in [2.45, 2.75) is 26.9 Å². The molecular formula is C8H11IN6. The first-order valence-electron chi connectivity index (χ1n) is 4.75. The van der Waals surface area contributed by atoms with Gasteiger partial charge in [0.2, 0.25) is 5.82 Å². The molecule has 2 rings (SSSR count). The fraction of sp³-hybridized carbons (Fsp3) is 0.500. The molecule has 80 valence electrons. The van der Waals surface area contributed by atoms with Crippen molar-refractivity contribution >= 4 is 22.6 Å². The van der Waals surface area contributed by atoms with Gasteiger partial charge < -0.3 is 0 Å². The largest absolute Gasteiger partial charge is 0.259 e. The average molecular weight is 318 g/mol. The van der Waals surface area contributed by atoms with Gasteiger partial charge in [-0.25, -0.2) is 0 Å². The lowest BCUT2D eigenvalue weighted by Crippen LogP contribution is -1.99. The van der Waals surface area contributed by atoms with Gasteiger partial charge in [0.25, 0.3) is 0 Å². The molecule has 0 N–H and O–H groups in total. The number of nitrogens with zero attached hydrogens (tertiary/aromatic N) is 6. The van der Waals surface area contributed by atoms with Crippen molar-refractivity contribution in [2.75, 3.05) is 0 Å². The lowest BCUT2D eigenvalue weighted by Gasteiger charge is -1.96. The zero-order valence-electron chi connectivity index (χ0n) is 8.55. The van der Waals surface area contributed by atoms with Crippen LogP contribution in [0, 0.1) is 3.70 Å². The van der Waals surface area contributed by atoms with Crippen LogP contribution >= 0.6 is 22.6 Å². The Morgan fingerprint density at radius 3 is 2.67 bits per heavy atom. The highest BCUT2D eigenvalue weighted by atomic mass is 127. The Hall–Kier alpha value is -0.990. The van der Waals surface area contributed by atoms with Crippen LogP contribution in [0.4, 0.5) is 0 Å². The van der Waals surface area contributed by atoms with Gasteiger partial charge in [-0.15, -0.1) is 10.2 Å². The molecule has 0 radical (unpaired) electrons. The van der Waals surface area contributed by atoms with Gasteiger partial charge in [0, 0.05) is 6.54 Å². The van der Waals surface area contributed by atoms with Crippen molar-refractivity contribution in [1.82, 2.24) is 30.0 Å². The zero-order valence-corrected chi connectivity index (χ0v) is 10.7. The molecular weight excluding hydrogens is 307 g/mol. The maximum absolute atomic E-state index is 4.24. The Kier molecular flexibility index (Phi) is 2.98. The van der Waals surface area contributed by atoms with E-state index in [-0.39, 0.29) is 0 Å². The minimum atomic E-state index is 0.640. The number of rotatable bonds is 3. The molecule has 2 heterocycles. The standard InChI is InChI=1S/C8H11IN6/c1-3-14-7(9)6(5-10-14)8-11-13-15(4-2)12-8/h5H,3-4H2,1-2H3. The first-order valence-corrected chi connectivity index (χ1v) is 5.83. The summed E-state index contributed by atoms with van der Waals surface area (Å²) in [6, 6.07) is 0. The maximum Gasteiger partial charge on any atom is 0.209 e. The molecule has 0 unspecified atom stereocenters. The number of aryl methyl sites for hydroxylation is 2. The van der Waals surface area contributed by atoms with Crippen molar-refractivity contribution in [2.24, 2.45) is 0 Å². The third-order valence-electron chi connectivity index (χ3n) is 2.05. The van der Waals surface area contributed by atoms with E-state index in [9.17, 15) is 0 Å². The summed E-state index contributed by atoms with van der Waals surface area (Å²) in [5.74, 6) is 0.640. The summed E-state index contributed by atoms with van der Waals surface area (Å²) in [5.41, 5.74) is 0.942. The van der Waals surface area contributed by atoms with Gasteiger partial charge in [0.05, 0.1) is 18.3 Å². The summed E-state index contributed by atoms with van der Waals surface area (Å²) in [5, 5.41) is 16.4. The highest BCUT2D eigenvalue weighted by Crippen LogP contribution is 2.20. The molecule has 0 saturated heterocycles. The van der Waals surface area contributed by atoms with E-state index in [1.807, 2.05) is 11.6 Å². The summed E-state index contributed by atoms with van der Waals surface area (Å²) in [7, 11) is 0. The van der Waals surface area contributed by atoms with Crippen LogP contribution in [-0.4, -0.2) is 30.0 Å². The van der Waals surface area contributed by atoms with E-state index in [0.29, 0.717) is 5.82 Å². The molecule has 6 nitrogen and oxygen atoms in total. The van der Waals surface area contributed by atoms with Gasteiger partial charge in [-0.2, -0.15) is 9.90 Å². The van der Waals surface area contributed by atoms with Crippen molar-refractivity contribution in [3.05, 3.63) is 9.90 Å². The Bertz CT molecular complexity index is 459. The van der Waals surface area contributed by atoms with Gasteiger partial charge >= 0.3 is 0 Å². The van der Waals surface area contributed by atoms with Gasteiger partial charge in [-0.1, -0.05) is 0 Å². The van der Waals surface area contributed by atoms with Crippen molar-refractivity contribution in [3.8, 4) is 11.4 Å². The van der Waals surface area contributed by atoms with E-state index in [1.54, 1.807) is 11.0 Å². The zero-order chi connectivity index (χ0) is 10.8. The molecule has 0 aliphatic heterocycles. The first-order chi connectivity index (χ1) is 7.26. The van der Waals surface area contributed by atoms with Crippen molar-refractivity contribution in [1.29, 1.82) is 0 Å². The minimum absolute atomic E-state index is 0.640. The van der Waals surface area contributed by atoms with Crippen LogP contribution in [0.25, 0.3) is 11.4 Å². The second-order valence-corrected chi connectivity index (χ2v) is 3.99. The van der Waals surface area contributed by atoms with Crippen molar-refractivity contribution in [3.63, 3.8) is 0 Å². The highest BCUT2D eigenvalue weighted by molar-refractivity contribution is 14.1. The van der Waals surface area contributed by atoms with E-state index in [4.69, 9.17) is 0 Å². The van der Waals surface area contributed by atoms with E-state index >= 15 is 0 Å². The highest BCUT2D eigenvalue weighted by Gasteiger charge is 2.13. The van der Waals surface area contributed by atoms with Gasteiger partial charge in [0.15, 0.2) is 0 Å². The molecule has 0 aromatic carbocycles. The second kappa shape index (κ2) is 4.25. The molecule has 0 fully saturated rings. The third kappa shape index (κ3) is 1.87. The number of hydrogen-bond acceptors (Lipinski definition) is 4. The smallest absolute Gasteiger partial charge is 0.209 e. The summed E-state index contributed by atoms with van der Waals surface area (Å²) >= 11 is 2.24. The van der Waals surface area contributed by atoms with E-state index in [1.165, 1.54) is 0 Å². The normalized spacial score (nSPS) is 10.9. The molecule has 0 aliphatic rings. The summed E-state index contributed by atoms with van der Waals surface area (Å²) < 4.78 is 2.95. The maximum atomic E-state index is 4.24. The molecule has 0 bridgehead atoms. The Labute approximate surface area is 101 Å². The SMILES string of the molecule is CCn1nnc(-c2cnn(CC)c2I)n1. The average Bonchev–Trinajstić information content (AvgIpc) is 2.83. The molecule has 15 heavy (non-hydrogen) atoms. The van der Waals surface area contributed by atoms with Gasteiger partial charge in [-0.3, -0.25) is 4.68 Å². The van der Waals surface area contributed by atoms with Crippen LogP contribution in [0.2, 0.25) is 0 Å². The molecule has 0 amide bonds. The molecule has 0 spiro atoms. The van der Waals surface area contributed by atoms with Crippen LogP contribution in [0.15, 0.2) is 6.20 Å². The summed E-state index contributed by atoms with van der Waals surface area (Å²) in [6.07, 6.45) is 1.78. The fourth-order valence-electron chi connectivity index (χ4n) is 1.23. The number of aromatic nitrogens is 6. The van der Waals surface area contributed by atoms with E-state index < -0.39 is 0 Å². The Morgan fingerprint density at radius 2 is 2.13 bits per heavy atom. The molecule has 0 aliphatic carbocycles. The van der Waals surface area contributed by atoms with Crippen LogP contribution in [0.3, 0.4) is 0 Å². The number of hydrogen-bond donors (Lipinski definition) is 0. The predicted octanol–water partition coefficient (Wildman–Crippen LogP) is 1.18. The lowest BCUT2D eigenvalue weighted by molar-refractivity contribution is 0.552. The quantitative estimate of drug-likeness (QED) is 0.798. The van der Waals surface area contributed by atoms with Gasteiger partial charge in [-0.05, 0) is 41.7 Å². The lowest BCUT2D eigenvalue weighted by atomic mass is 10.3. The molecule has 2 aromatic heterocycles.